The van der Waals surface area contributed by atoms with Gasteiger partial charge in [-0.05, 0) is 55.9 Å². The second kappa shape index (κ2) is 11.0. The van der Waals surface area contributed by atoms with Crippen LogP contribution in [-0.2, 0) is 14.3 Å². The van der Waals surface area contributed by atoms with E-state index in [0.29, 0.717) is 18.8 Å². The van der Waals surface area contributed by atoms with E-state index in [2.05, 4.69) is 37.8 Å². The molecule has 2 rings (SSSR count). The molecule has 0 heterocycles. The molecule has 0 unspecified atom stereocenters. The van der Waals surface area contributed by atoms with E-state index in [1.807, 2.05) is 12.1 Å². The van der Waals surface area contributed by atoms with Crippen molar-refractivity contribution in [3.8, 4) is 11.1 Å². The number of carbonyl (C=O) groups is 2. The molecule has 27 heavy (non-hydrogen) atoms. The van der Waals surface area contributed by atoms with Gasteiger partial charge in [0.1, 0.15) is 0 Å². The van der Waals surface area contributed by atoms with Gasteiger partial charge in [0.05, 0.1) is 18.8 Å². The van der Waals surface area contributed by atoms with Gasteiger partial charge in [0.2, 0.25) is 0 Å². The molecule has 0 radical (unpaired) electrons. The van der Waals surface area contributed by atoms with E-state index >= 15 is 0 Å². The molecular formula is C23H26O4. The quantitative estimate of drug-likeness (QED) is 0.333. The maximum atomic E-state index is 12.1. The molecule has 2 aromatic rings. The maximum Gasteiger partial charge on any atom is 0.338 e. The van der Waals surface area contributed by atoms with E-state index in [4.69, 9.17) is 9.47 Å². The van der Waals surface area contributed by atoms with Crippen LogP contribution in [0, 0.1) is 6.92 Å². The zero-order valence-corrected chi connectivity index (χ0v) is 15.8. The molecule has 0 aliphatic heterocycles. The highest BCUT2D eigenvalue weighted by Gasteiger charge is 2.07. The Morgan fingerprint density at radius 1 is 0.815 bits per heavy atom. The van der Waals surface area contributed by atoms with Gasteiger partial charge < -0.3 is 9.47 Å². The summed E-state index contributed by atoms with van der Waals surface area (Å²) in [4.78, 5) is 23.0. The highest BCUT2D eigenvalue weighted by atomic mass is 16.5. The van der Waals surface area contributed by atoms with E-state index < -0.39 is 5.97 Å². The van der Waals surface area contributed by atoms with Crippen LogP contribution in [0.15, 0.2) is 61.2 Å². The number of benzene rings is 2. The van der Waals surface area contributed by atoms with Crippen LogP contribution in [0.25, 0.3) is 11.1 Å². The van der Waals surface area contributed by atoms with Gasteiger partial charge >= 0.3 is 11.9 Å². The minimum absolute atomic E-state index is 0.301. The van der Waals surface area contributed by atoms with E-state index in [1.54, 1.807) is 12.1 Å². The molecular weight excluding hydrogens is 340 g/mol. The monoisotopic (exact) mass is 366 g/mol. The van der Waals surface area contributed by atoms with Crippen molar-refractivity contribution < 1.29 is 19.1 Å². The minimum Gasteiger partial charge on any atom is -0.463 e. The van der Waals surface area contributed by atoms with Gasteiger partial charge in [-0.1, -0.05) is 48.5 Å². The summed E-state index contributed by atoms with van der Waals surface area (Å²) in [5, 5.41) is 0. The molecule has 0 aliphatic carbocycles. The van der Waals surface area contributed by atoms with E-state index in [9.17, 15) is 9.59 Å². The zero-order valence-electron chi connectivity index (χ0n) is 15.8. The molecule has 4 heteroatoms. The van der Waals surface area contributed by atoms with E-state index in [0.717, 1.165) is 42.9 Å². The number of aryl methyl sites for hydroxylation is 1. The number of esters is 2. The van der Waals surface area contributed by atoms with Crippen molar-refractivity contribution in [3.05, 3.63) is 72.3 Å². The lowest BCUT2D eigenvalue weighted by Gasteiger charge is -2.07. The van der Waals surface area contributed by atoms with Crippen LogP contribution in [0.4, 0.5) is 0 Å². The van der Waals surface area contributed by atoms with E-state index in [-0.39, 0.29) is 5.97 Å². The Balaban J connectivity index is 1.66. The second-order valence-corrected chi connectivity index (χ2v) is 6.37. The Hall–Kier alpha value is -2.88. The third kappa shape index (κ3) is 7.10. The standard InChI is InChI=1S/C23H26O4/c1-3-22(24)26-16-6-4-5-7-17-27-23(25)21-14-12-20(13-15-21)19-10-8-18(2)9-11-19/h3,8-15H,1,4-7,16-17H2,2H3. The molecule has 0 aromatic heterocycles. The van der Waals surface area contributed by atoms with Crippen molar-refractivity contribution in [1.82, 2.24) is 0 Å². The highest BCUT2D eigenvalue weighted by Crippen LogP contribution is 2.20. The molecule has 142 valence electrons. The third-order valence-corrected chi connectivity index (χ3v) is 4.19. The fourth-order valence-electron chi connectivity index (χ4n) is 2.58. The van der Waals surface area contributed by atoms with Crippen LogP contribution in [0.3, 0.4) is 0 Å². The molecule has 0 spiro atoms. The van der Waals surface area contributed by atoms with Crippen molar-refractivity contribution in [3.63, 3.8) is 0 Å². The fraction of sp³-hybridized carbons (Fsp3) is 0.304. The zero-order chi connectivity index (χ0) is 19.5. The molecule has 0 aliphatic rings. The summed E-state index contributed by atoms with van der Waals surface area (Å²) in [6.45, 7) is 6.19. The maximum absolute atomic E-state index is 12.1. The van der Waals surface area contributed by atoms with Crippen LogP contribution < -0.4 is 0 Å². The first-order valence-electron chi connectivity index (χ1n) is 9.23. The van der Waals surface area contributed by atoms with Gasteiger partial charge in [0.15, 0.2) is 0 Å². The van der Waals surface area contributed by atoms with Crippen LogP contribution in [-0.4, -0.2) is 25.2 Å². The molecule has 0 saturated carbocycles. The van der Waals surface area contributed by atoms with Gasteiger partial charge in [-0.15, -0.1) is 0 Å². The highest BCUT2D eigenvalue weighted by molar-refractivity contribution is 5.90. The van der Waals surface area contributed by atoms with Gasteiger partial charge in [-0.3, -0.25) is 0 Å². The Morgan fingerprint density at radius 2 is 1.33 bits per heavy atom. The predicted molar refractivity (Wildman–Crippen MR) is 107 cm³/mol. The summed E-state index contributed by atoms with van der Waals surface area (Å²) in [6.07, 6.45) is 4.60. The summed E-state index contributed by atoms with van der Waals surface area (Å²) < 4.78 is 10.2. The predicted octanol–water partition coefficient (Wildman–Crippen LogP) is 5.11. The molecule has 0 N–H and O–H groups in total. The number of hydrogen-bond acceptors (Lipinski definition) is 4. The van der Waals surface area contributed by atoms with Crippen molar-refractivity contribution in [2.45, 2.75) is 32.6 Å². The van der Waals surface area contributed by atoms with Crippen molar-refractivity contribution in [1.29, 1.82) is 0 Å². The Morgan fingerprint density at radius 3 is 1.89 bits per heavy atom. The average molecular weight is 366 g/mol. The average Bonchev–Trinajstić information content (AvgIpc) is 2.70. The van der Waals surface area contributed by atoms with Crippen LogP contribution in [0.1, 0.15) is 41.6 Å². The number of hydrogen-bond donors (Lipinski definition) is 0. The minimum atomic E-state index is -0.391. The smallest absolute Gasteiger partial charge is 0.338 e. The normalized spacial score (nSPS) is 10.3. The van der Waals surface area contributed by atoms with Crippen LogP contribution >= 0.6 is 0 Å². The first-order valence-corrected chi connectivity index (χ1v) is 9.23. The van der Waals surface area contributed by atoms with Gasteiger partial charge in [0, 0.05) is 6.08 Å². The lowest BCUT2D eigenvalue weighted by Crippen LogP contribution is -2.06. The van der Waals surface area contributed by atoms with Gasteiger partial charge in [-0.2, -0.15) is 0 Å². The lowest BCUT2D eigenvalue weighted by molar-refractivity contribution is -0.137. The first kappa shape index (κ1) is 20.4. The Labute approximate surface area is 160 Å². The lowest BCUT2D eigenvalue weighted by atomic mass is 10.0. The summed E-state index contributed by atoms with van der Waals surface area (Å²) in [7, 11) is 0. The van der Waals surface area contributed by atoms with Crippen molar-refractivity contribution >= 4 is 11.9 Å². The molecule has 4 nitrogen and oxygen atoms in total. The summed E-state index contributed by atoms with van der Waals surface area (Å²) >= 11 is 0. The Kier molecular flexibility index (Phi) is 8.30. The SMILES string of the molecule is C=CC(=O)OCCCCCCOC(=O)c1ccc(-c2ccc(C)cc2)cc1. The topological polar surface area (TPSA) is 52.6 Å². The van der Waals surface area contributed by atoms with Crippen molar-refractivity contribution in [2.75, 3.05) is 13.2 Å². The fourth-order valence-corrected chi connectivity index (χ4v) is 2.58. The third-order valence-electron chi connectivity index (χ3n) is 4.19. The molecule has 0 amide bonds. The molecule has 0 saturated heterocycles. The largest absolute Gasteiger partial charge is 0.463 e. The molecule has 0 bridgehead atoms. The van der Waals surface area contributed by atoms with Gasteiger partial charge in [0.25, 0.3) is 0 Å². The summed E-state index contributed by atoms with van der Waals surface area (Å²) in [5.41, 5.74) is 3.97. The molecule has 2 aromatic carbocycles. The second-order valence-electron chi connectivity index (χ2n) is 6.37. The number of unbranched alkanes of at least 4 members (excludes halogenated alkanes) is 3. The molecule has 0 atom stereocenters. The van der Waals surface area contributed by atoms with Crippen LogP contribution in [0.5, 0.6) is 0 Å². The number of rotatable bonds is 10. The first-order chi connectivity index (χ1) is 13.1. The van der Waals surface area contributed by atoms with Gasteiger partial charge in [-0.25, -0.2) is 9.59 Å². The summed E-state index contributed by atoms with van der Waals surface area (Å²) in [5.74, 6) is -0.692. The summed E-state index contributed by atoms with van der Waals surface area (Å²) in [6, 6.07) is 15.7. The number of ether oxygens (including phenoxy) is 2. The molecule has 0 fully saturated rings. The van der Waals surface area contributed by atoms with Crippen LogP contribution in [0.2, 0.25) is 0 Å². The Bertz CT molecular complexity index is 745. The number of carbonyl (C=O) groups excluding carboxylic acids is 2. The van der Waals surface area contributed by atoms with Crippen molar-refractivity contribution in [2.24, 2.45) is 0 Å². The van der Waals surface area contributed by atoms with E-state index in [1.165, 1.54) is 5.56 Å².